The van der Waals surface area contributed by atoms with Crippen LogP contribution in [0.25, 0.3) is 11.0 Å². The minimum absolute atomic E-state index is 0.113. The zero-order chi connectivity index (χ0) is 16.9. The van der Waals surface area contributed by atoms with Crippen LogP contribution in [-0.2, 0) is 13.6 Å². The molecule has 3 heterocycles. The molecule has 1 saturated carbocycles. The lowest BCUT2D eigenvalue weighted by molar-refractivity contribution is -0.139. The Kier molecular flexibility index (Phi) is 3.54. The van der Waals surface area contributed by atoms with Gasteiger partial charge < -0.3 is 10.0 Å². The lowest BCUT2D eigenvalue weighted by Crippen LogP contribution is -2.60. The van der Waals surface area contributed by atoms with Crippen molar-refractivity contribution in [3.8, 4) is 0 Å². The van der Waals surface area contributed by atoms with Gasteiger partial charge in [0.05, 0.1) is 24.7 Å². The Morgan fingerprint density at radius 3 is 2.75 bits per heavy atom. The first-order chi connectivity index (χ1) is 11.4. The molecule has 0 amide bonds. The third-order valence-corrected chi connectivity index (χ3v) is 6.07. The Morgan fingerprint density at radius 2 is 2.00 bits per heavy atom. The Bertz CT molecular complexity index is 820. The van der Waals surface area contributed by atoms with E-state index in [2.05, 4.69) is 22.0 Å². The van der Waals surface area contributed by atoms with Gasteiger partial charge in [-0.1, -0.05) is 12.8 Å². The van der Waals surface area contributed by atoms with Crippen molar-refractivity contribution in [3.63, 3.8) is 0 Å². The number of likely N-dealkylation sites (tertiary alicyclic amines) is 1. The van der Waals surface area contributed by atoms with E-state index in [0.717, 1.165) is 38.8 Å². The maximum atomic E-state index is 12.8. The van der Waals surface area contributed by atoms with Crippen LogP contribution in [0.3, 0.4) is 0 Å². The number of aliphatic hydroxyl groups is 1. The molecule has 0 bridgehead atoms. The number of rotatable bonds is 2. The number of nitrogens with zero attached hydrogens (tertiary/aromatic N) is 5. The number of fused-ring (bicyclic) bond motifs is 1. The number of aryl methyl sites for hydroxylation is 1. The molecule has 7 heteroatoms. The fraction of sp³-hybridized carbons (Fsp3) is 0.706. The Labute approximate surface area is 140 Å². The summed E-state index contributed by atoms with van der Waals surface area (Å²) in [6.45, 7) is 2.06. The molecular weight excluding hydrogens is 306 g/mol. The first kappa shape index (κ1) is 15.8. The normalized spacial score (nSPS) is 27.3. The predicted molar refractivity (Wildman–Crippen MR) is 90.7 cm³/mol. The Morgan fingerprint density at radius 1 is 1.25 bits per heavy atom. The lowest BCUT2D eigenvalue weighted by Gasteiger charge is -2.51. The zero-order valence-electron chi connectivity index (χ0n) is 14.4. The summed E-state index contributed by atoms with van der Waals surface area (Å²) in [5.74, 6) is 0. The molecule has 4 rings (SSSR count). The highest BCUT2D eigenvalue weighted by atomic mass is 16.3. The van der Waals surface area contributed by atoms with E-state index in [1.54, 1.807) is 28.8 Å². The average Bonchev–Trinajstić information content (AvgIpc) is 3.15. The summed E-state index contributed by atoms with van der Waals surface area (Å²) in [7, 11) is 3.90. The Balaban J connectivity index is 1.73. The molecule has 7 nitrogen and oxygen atoms in total. The average molecular weight is 331 g/mol. The topological polar surface area (TPSA) is 76.2 Å². The summed E-state index contributed by atoms with van der Waals surface area (Å²) in [5, 5.41) is 15.8. The van der Waals surface area contributed by atoms with Crippen molar-refractivity contribution in [1.29, 1.82) is 0 Å². The molecule has 1 unspecified atom stereocenters. The number of aromatic nitrogens is 4. The molecule has 130 valence electrons. The molecule has 1 aliphatic carbocycles. The van der Waals surface area contributed by atoms with E-state index in [1.165, 1.54) is 0 Å². The van der Waals surface area contributed by atoms with Crippen LogP contribution < -0.4 is 5.56 Å². The van der Waals surface area contributed by atoms with Crippen molar-refractivity contribution < 1.29 is 5.11 Å². The quantitative estimate of drug-likeness (QED) is 0.879. The van der Waals surface area contributed by atoms with E-state index in [-0.39, 0.29) is 11.0 Å². The van der Waals surface area contributed by atoms with Crippen LogP contribution >= 0.6 is 0 Å². The van der Waals surface area contributed by atoms with Crippen molar-refractivity contribution in [2.24, 2.45) is 12.5 Å². The van der Waals surface area contributed by atoms with Gasteiger partial charge in [0.2, 0.25) is 0 Å². The summed E-state index contributed by atoms with van der Waals surface area (Å²) in [4.78, 5) is 19.4. The van der Waals surface area contributed by atoms with Crippen molar-refractivity contribution in [2.45, 2.75) is 44.2 Å². The molecule has 1 aliphatic heterocycles. The molecule has 24 heavy (non-hydrogen) atoms. The second-order valence-corrected chi connectivity index (χ2v) is 7.72. The SMILES string of the molecule is CN1CCC(O)(Cn2cnc3cn(C)nc3c2=O)C2(CCCC2)C1. The monoisotopic (exact) mass is 331 g/mol. The minimum atomic E-state index is -0.857. The zero-order valence-corrected chi connectivity index (χ0v) is 14.4. The van der Waals surface area contributed by atoms with Crippen LogP contribution in [0, 0.1) is 5.41 Å². The van der Waals surface area contributed by atoms with Crippen LogP contribution in [-0.4, -0.2) is 55.1 Å². The van der Waals surface area contributed by atoms with Crippen LogP contribution in [0.1, 0.15) is 32.1 Å². The first-order valence-electron chi connectivity index (χ1n) is 8.72. The predicted octanol–water partition coefficient (Wildman–Crippen LogP) is 0.757. The van der Waals surface area contributed by atoms with Gasteiger partial charge in [-0.3, -0.25) is 14.0 Å². The highest BCUT2D eigenvalue weighted by molar-refractivity contribution is 5.71. The van der Waals surface area contributed by atoms with Crippen molar-refractivity contribution in [2.75, 3.05) is 20.1 Å². The van der Waals surface area contributed by atoms with E-state index < -0.39 is 5.60 Å². The molecule has 1 atom stereocenters. The third-order valence-electron chi connectivity index (χ3n) is 6.07. The number of piperidine rings is 1. The molecule has 2 aliphatic rings. The van der Waals surface area contributed by atoms with Gasteiger partial charge in [-0.25, -0.2) is 4.98 Å². The first-order valence-corrected chi connectivity index (χ1v) is 8.72. The van der Waals surface area contributed by atoms with Gasteiger partial charge in [-0.05, 0) is 26.3 Å². The van der Waals surface area contributed by atoms with E-state index in [1.807, 2.05) is 0 Å². The van der Waals surface area contributed by atoms with Crippen LogP contribution in [0.4, 0.5) is 0 Å². The molecule has 1 N–H and O–H groups in total. The van der Waals surface area contributed by atoms with Crippen LogP contribution in [0.15, 0.2) is 17.3 Å². The number of hydrogen-bond acceptors (Lipinski definition) is 5. The smallest absolute Gasteiger partial charge is 0.281 e. The van der Waals surface area contributed by atoms with E-state index in [4.69, 9.17) is 0 Å². The van der Waals surface area contributed by atoms with Crippen molar-refractivity contribution >= 4 is 11.0 Å². The van der Waals surface area contributed by atoms with Gasteiger partial charge in [0, 0.05) is 25.6 Å². The fourth-order valence-electron chi connectivity index (χ4n) is 4.74. The summed E-state index contributed by atoms with van der Waals surface area (Å²) in [6.07, 6.45) is 8.36. The minimum Gasteiger partial charge on any atom is -0.387 e. The van der Waals surface area contributed by atoms with E-state index in [9.17, 15) is 9.90 Å². The molecule has 2 fully saturated rings. The van der Waals surface area contributed by atoms with Crippen LogP contribution in [0.5, 0.6) is 0 Å². The molecule has 0 aromatic carbocycles. The molecule has 2 aromatic heterocycles. The van der Waals surface area contributed by atoms with Gasteiger partial charge in [-0.15, -0.1) is 0 Å². The van der Waals surface area contributed by atoms with Crippen molar-refractivity contribution in [1.82, 2.24) is 24.2 Å². The van der Waals surface area contributed by atoms with Crippen LogP contribution in [0.2, 0.25) is 0 Å². The van der Waals surface area contributed by atoms with Gasteiger partial charge in [0.25, 0.3) is 5.56 Å². The number of hydrogen-bond donors (Lipinski definition) is 1. The lowest BCUT2D eigenvalue weighted by atomic mass is 9.66. The maximum Gasteiger partial charge on any atom is 0.281 e. The van der Waals surface area contributed by atoms with Crippen molar-refractivity contribution in [3.05, 3.63) is 22.9 Å². The maximum absolute atomic E-state index is 12.8. The molecule has 0 radical (unpaired) electrons. The fourth-order valence-corrected chi connectivity index (χ4v) is 4.74. The summed E-state index contributed by atoms with van der Waals surface area (Å²) < 4.78 is 3.16. The van der Waals surface area contributed by atoms with Gasteiger partial charge in [0.15, 0.2) is 5.52 Å². The van der Waals surface area contributed by atoms with E-state index in [0.29, 0.717) is 24.0 Å². The van der Waals surface area contributed by atoms with Gasteiger partial charge >= 0.3 is 0 Å². The highest BCUT2D eigenvalue weighted by Gasteiger charge is 2.54. The van der Waals surface area contributed by atoms with E-state index >= 15 is 0 Å². The molecule has 2 aromatic rings. The third kappa shape index (κ3) is 2.29. The summed E-state index contributed by atoms with van der Waals surface area (Å²) in [5.41, 5.74) is -0.162. The van der Waals surface area contributed by atoms with Gasteiger partial charge in [0.1, 0.15) is 5.52 Å². The largest absolute Gasteiger partial charge is 0.387 e. The second-order valence-electron chi connectivity index (χ2n) is 7.72. The second kappa shape index (κ2) is 5.39. The Hall–Kier alpha value is -1.73. The molecular formula is C17H25N5O2. The standard InChI is InChI=1S/C17H25N5O2/c1-20-8-7-17(24,16(10-20)5-3-4-6-16)11-22-12-18-13-9-21(2)19-14(13)15(22)23/h9,12,24H,3-8,10-11H2,1-2H3. The molecule has 1 saturated heterocycles. The summed E-state index contributed by atoms with van der Waals surface area (Å²) >= 11 is 0. The van der Waals surface area contributed by atoms with Gasteiger partial charge in [-0.2, -0.15) is 5.10 Å². The highest BCUT2D eigenvalue weighted by Crippen LogP contribution is 2.51. The summed E-state index contributed by atoms with van der Waals surface area (Å²) in [6, 6.07) is 0. The molecule has 1 spiro atoms.